The van der Waals surface area contributed by atoms with Crippen LogP contribution in [0.4, 0.5) is 5.69 Å². The van der Waals surface area contributed by atoms with Crippen molar-refractivity contribution >= 4 is 57.7 Å². The number of carboxylic acid groups (broad SMARTS) is 1. The number of hydrogen-bond donors (Lipinski definition) is 9. The summed E-state index contributed by atoms with van der Waals surface area (Å²) >= 11 is 5.46. The summed E-state index contributed by atoms with van der Waals surface area (Å²) in [5, 5.41) is 53.9. The number of carbonyl (C=O) groups excluding carboxylic acids is 3. The summed E-state index contributed by atoms with van der Waals surface area (Å²) in [6, 6.07) is 11.3. The molecule has 2 amide bonds. The van der Waals surface area contributed by atoms with Gasteiger partial charge in [0.1, 0.15) is 43.6 Å². The van der Waals surface area contributed by atoms with E-state index in [1.807, 2.05) is 18.2 Å². The fourth-order valence-corrected chi connectivity index (χ4v) is 9.61. The number of nitrogens with two attached hydrogens (primary N) is 1. The number of anilines is 1. The van der Waals surface area contributed by atoms with E-state index in [-0.39, 0.29) is 60.5 Å². The number of aromatic nitrogens is 2. The summed E-state index contributed by atoms with van der Waals surface area (Å²) in [5.41, 5.74) is 9.24. The molecule has 394 valence electrons. The smallest absolute Gasteiger partial charge is 0.329 e. The van der Waals surface area contributed by atoms with Gasteiger partial charge in [0.25, 0.3) is 5.56 Å². The number of cyclic esters (lactones) is 1. The second-order valence-corrected chi connectivity index (χ2v) is 18.6. The minimum absolute atomic E-state index is 0.119. The normalized spacial score (nSPS) is 19.1. The number of aliphatic hydroxyl groups excluding tert-OH is 3. The van der Waals surface area contributed by atoms with Crippen LogP contribution >= 0.6 is 12.2 Å². The van der Waals surface area contributed by atoms with Crippen LogP contribution in [0.5, 0.6) is 17.2 Å². The fraction of sp³-hybridized carbons (Fsp3) is 0.500. The lowest BCUT2D eigenvalue weighted by atomic mass is 9.75. The van der Waals surface area contributed by atoms with Crippen molar-refractivity contribution in [1.29, 1.82) is 0 Å². The number of hydrogen-bond acceptors (Lipinski definition) is 17. The number of aromatic hydroxyl groups is 1. The highest BCUT2D eigenvalue weighted by Crippen LogP contribution is 2.43. The first-order valence-electron chi connectivity index (χ1n) is 24.4. The molecule has 2 aromatic carbocycles. The van der Waals surface area contributed by atoms with Crippen LogP contribution in [-0.4, -0.2) is 165 Å². The van der Waals surface area contributed by atoms with E-state index in [9.17, 15) is 29.4 Å². The Labute approximate surface area is 426 Å². The Kier molecular flexibility index (Phi) is 18.6. The number of unbranched alkanes of at least 4 members (excludes halogenated alkanes) is 1. The molecule has 0 spiro atoms. The van der Waals surface area contributed by atoms with Gasteiger partial charge >= 0.3 is 11.9 Å². The third-order valence-corrected chi connectivity index (χ3v) is 13.7. The second kappa shape index (κ2) is 25.0. The molecule has 5 aliphatic rings. The quantitative estimate of drug-likeness (QED) is 0.0325. The fourth-order valence-electron chi connectivity index (χ4n) is 9.35. The molecule has 73 heavy (non-hydrogen) atoms. The van der Waals surface area contributed by atoms with Crippen molar-refractivity contribution in [2.75, 3.05) is 84.2 Å². The minimum atomic E-state index is -1.35. The van der Waals surface area contributed by atoms with Crippen molar-refractivity contribution < 1.29 is 63.7 Å². The van der Waals surface area contributed by atoms with Crippen LogP contribution in [0.3, 0.4) is 0 Å². The second-order valence-electron chi connectivity index (χ2n) is 18.2. The van der Waals surface area contributed by atoms with E-state index >= 15 is 0 Å². The zero-order valence-corrected chi connectivity index (χ0v) is 41.5. The van der Waals surface area contributed by atoms with E-state index in [0.29, 0.717) is 117 Å². The first kappa shape index (κ1) is 54.3. The molecule has 2 fully saturated rings. The molecule has 4 aromatic rings. The number of benzene rings is 2. The topological polar surface area (TPSA) is 310 Å². The number of pyridine rings is 2. The summed E-state index contributed by atoms with van der Waals surface area (Å²) in [6.07, 6.45) is 3.87. The standard InChI is InChI=1S/C43H50N8O9S.C5H10O2.C2H4O3/c1-2-43(24-52)31-18-34-38-29(22-51(34)40(56)30(31)23-60-41(43)57)28(27-17-35-36(19-33(27)47-38)59-16-15-58-35)21-49-11-13-50(14-12-49)37(54)20-45-39(55)32(5-3-4-10-44)48-42(61)46-25-6-8-26(53)9-7-25;6-5-2-1-3-7-4-5;3-1-2(4)5/h6-9,17-19,32,52-53H,2-5,10-16,20-24,44H2,1H3,(H,45,55)(H2,46,48,61);5-6H,1-4H2;3H,1H2,(H,4,5)/t32-,43?;5-;/m00./s1. The number of aliphatic hydroxyl groups is 3. The molecular formula is C50H64N8O14S. The van der Waals surface area contributed by atoms with Crippen molar-refractivity contribution in [3.8, 4) is 28.6 Å². The molecule has 23 heteroatoms. The number of thiocarbonyl (C=S) groups is 1. The van der Waals surface area contributed by atoms with E-state index in [1.165, 1.54) is 12.1 Å². The number of fused-ring (bicyclic) bond motifs is 6. The Balaban J connectivity index is 0.000000576. The van der Waals surface area contributed by atoms with E-state index in [2.05, 4.69) is 20.9 Å². The van der Waals surface area contributed by atoms with Gasteiger partial charge in [-0.25, -0.2) is 9.78 Å². The largest absolute Gasteiger partial charge is 0.508 e. The highest BCUT2D eigenvalue weighted by atomic mass is 32.1. The number of nitrogens with one attached hydrogen (secondary N) is 3. The molecule has 2 saturated heterocycles. The van der Waals surface area contributed by atoms with E-state index in [0.717, 1.165) is 42.4 Å². The van der Waals surface area contributed by atoms with Crippen molar-refractivity contribution in [3.63, 3.8) is 0 Å². The van der Waals surface area contributed by atoms with Crippen molar-refractivity contribution in [2.45, 2.75) is 82.7 Å². The van der Waals surface area contributed by atoms with Crippen LogP contribution in [0.2, 0.25) is 0 Å². The summed E-state index contributed by atoms with van der Waals surface area (Å²) < 4.78 is 24.0. The van der Waals surface area contributed by atoms with E-state index in [1.54, 1.807) is 28.5 Å². The average Bonchev–Trinajstić information content (AvgIpc) is 3.77. The first-order valence-corrected chi connectivity index (χ1v) is 24.8. The molecule has 7 heterocycles. The van der Waals surface area contributed by atoms with Crippen molar-refractivity contribution in [2.24, 2.45) is 5.73 Å². The van der Waals surface area contributed by atoms with Crippen LogP contribution in [-0.2, 0) is 53.8 Å². The van der Waals surface area contributed by atoms with E-state index in [4.69, 9.17) is 62.0 Å². The van der Waals surface area contributed by atoms with Crippen LogP contribution in [0.25, 0.3) is 22.3 Å². The predicted octanol–water partition coefficient (Wildman–Crippen LogP) is 1.06. The third kappa shape index (κ3) is 12.8. The number of aliphatic carboxylic acids is 1. The van der Waals surface area contributed by atoms with Crippen LogP contribution in [0, 0.1) is 0 Å². The maximum absolute atomic E-state index is 14.1. The maximum atomic E-state index is 14.1. The lowest BCUT2D eigenvalue weighted by Crippen LogP contribution is -2.53. The van der Waals surface area contributed by atoms with Gasteiger partial charge in [-0.3, -0.25) is 24.1 Å². The number of amides is 2. The number of carboxylic acids is 1. The minimum Gasteiger partial charge on any atom is -0.508 e. The summed E-state index contributed by atoms with van der Waals surface area (Å²) in [6.45, 7) is 5.59. The molecule has 22 nitrogen and oxygen atoms in total. The predicted molar refractivity (Wildman–Crippen MR) is 270 cm³/mol. The number of ether oxygens (including phenoxy) is 4. The Hall–Kier alpha value is -6.47. The Morgan fingerprint density at radius 2 is 1.68 bits per heavy atom. The SMILES string of the molecule is CCC1(CO)C(=O)OCc2c1cc1n(c2=O)Cc2c-1nc1cc3c(cc1c2CN1CCN(C(=O)CNC(=O)[C@H](CCCCN)NC(=S)Nc2ccc(O)cc2)CC1)OCCO3.O=C(O)CO.O[C@H]1CCCOC1. The number of nitrogens with zero attached hydrogens (tertiary/aromatic N) is 4. The molecule has 5 aliphatic heterocycles. The summed E-state index contributed by atoms with van der Waals surface area (Å²) in [7, 11) is 0. The molecule has 1 unspecified atom stereocenters. The molecule has 0 radical (unpaired) electrons. The molecule has 3 atom stereocenters. The number of rotatable bonds is 14. The van der Waals surface area contributed by atoms with Gasteiger partial charge in [0.05, 0.1) is 54.9 Å². The van der Waals surface area contributed by atoms with Gasteiger partial charge in [0.15, 0.2) is 16.6 Å². The highest BCUT2D eigenvalue weighted by Gasteiger charge is 2.47. The van der Waals surface area contributed by atoms with Crippen molar-refractivity contribution in [1.82, 2.24) is 30.0 Å². The number of phenols is 1. The number of piperazine rings is 1. The zero-order valence-electron chi connectivity index (χ0n) is 40.7. The molecule has 9 rings (SSSR count). The molecule has 10 N–H and O–H groups in total. The number of esters is 1. The molecule has 0 aliphatic carbocycles. The van der Waals surface area contributed by atoms with Crippen LogP contribution in [0.1, 0.15) is 67.7 Å². The monoisotopic (exact) mass is 1030 g/mol. The Morgan fingerprint density at radius 3 is 2.30 bits per heavy atom. The van der Waals surface area contributed by atoms with Gasteiger partial charge < -0.3 is 75.6 Å². The third-order valence-electron chi connectivity index (χ3n) is 13.4. The van der Waals surface area contributed by atoms with Gasteiger partial charge in [0, 0.05) is 62.0 Å². The van der Waals surface area contributed by atoms with Gasteiger partial charge in [-0.2, -0.15) is 0 Å². The van der Waals surface area contributed by atoms with Crippen LogP contribution in [0.15, 0.2) is 47.3 Å². The maximum Gasteiger partial charge on any atom is 0.329 e. The molecular weight excluding hydrogens is 969 g/mol. The molecule has 0 bridgehead atoms. The van der Waals surface area contributed by atoms with Gasteiger partial charge in [-0.1, -0.05) is 6.92 Å². The Morgan fingerprint density at radius 1 is 0.973 bits per heavy atom. The van der Waals surface area contributed by atoms with Crippen molar-refractivity contribution in [3.05, 3.63) is 75.1 Å². The average molecular weight is 1030 g/mol. The van der Waals surface area contributed by atoms with Crippen LogP contribution < -0.4 is 36.7 Å². The lowest BCUT2D eigenvalue weighted by molar-refractivity contribution is -0.156. The van der Waals surface area contributed by atoms with Gasteiger partial charge in [-0.05, 0) is 105 Å². The molecule has 0 saturated carbocycles. The highest BCUT2D eigenvalue weighted by molar-refractivity contribution is 7.80. The zero-order chi connectivity index (χ0) is 52.2. The lowest BCUT2D eigenvalue weighted by Gasteiger charge is -2.35. The molecule has 2 aromatic heterocycles. The van der Waals surface area contributed by atoms with Gasteiger partial charge in [0.2, 0.25) is 11.8 Å². The van der Waals surface area contributed by atoms with E-state index < -0.39 is 36.6 Å². The Bertz CT molecular complexity index is 2700. The first-order chi connectivity index (χ1) is 35.2. The van der Waals surface area contributed by atoms with Gasteiger partial charge in [-0.15, -0.1) is 0 Å². The summed E-state index contributed by atoms with van der Waals surface area (Å²) in [5.74, 6) is -0.991. The number of phenolic OH excluding ortho intramolecular Hbond substituents is 1. The number of carbonyl (C=O) groups is 4. The summed E-state index contributed by atoms with van der Waals surface area (Å²) in [4.78, 5) is 72.3.